The third-order valence-corrected chi connectivity index (χ3v) is 8.84. The van der Waals surface area contributed by atoms with E-state index in [4.69, 9.17) is 9.26 Å². The van der Waals surface area contributed by atoms with Crippen molar-refractivity contribution >= 4 is 28.1 Å². The number of halogens is 3. The summed E-state index contributed by atoms with van der Waals surface area (Å²) < 4.78 is 55.7. The van der Waals surface area contributed by atoms with Gasteiger partial charge in [0.1, 0.15) is 23.0 Å². The van der Waals surface area contributed by atoms with Crippen LogP contribution >= 0.6 is 0 Å². The van der Waals surface area contributed by atoms with Crippen molar-refractivity contribution in [2.45, 2.75) is 64.3 Å². The number of pyridine rings is 1. The predicted molar refractivity (Wildman–Crippen MR) is 162 cm³/mol. The second-order valence-electron chi connectivity index (χ2n) is 12.5. The number of hydrogen-bond acceptors (Lipinski definition) is 7. The molecule has 1 saturated carbocycles. The van der Waals surface area contributed by atoms with Crippen LogP contribution in [0.2, 0.25) is 0 Å². The number of carboxylic acids is 1. The Labute approximate surface area is 257 Å². The van der Waals surface area contributed by atoms with Crippen molar-refractivity contribution in [3.63, 3.8) is 0 Å². The molecule has 1 spiro atoms. The number of piperidine rings is 1. The van der Waals surface area contributed by atoms with Crippen molar-refractivity contribution in [3.05, 3.63) is 71.6 Å². The molecule has 11 heteroatoms. The van der Waals surface area contributed by atoms with Gasteiger partial charge < -0.3 is 24.0 Å². The van der Waals surface area contributed by atoms with E-state index in [2.05, 4.69) is 25.9 Å². The summed E-state index contributed by atoms with van der Waals surface area (Å²) in [6, 6.07) is 13.4. The highest BCUT2D eigenvalue weighted by Crippen LogP contribution is 2.56. The van der Waals surface area contributed by atoms with Gasteiger partial charge in [0.05, 0.1) is 11.6 Å². The fraction of sp³-hybridized carbons (Fsp3) is 0.382. The van der Waals surface area contributed by atoms with Crippen LogP contribution in [0.3, 0.4) is 0 Å². The van der Waals surface area contributed by atoms with E-state index < -0.39 is 12.3 Å². The second-order valence-corrected chi connectivity index (χ2v) is 12.5. The third kappa shape index (κ3) is 5.71. The highest BCUT2D eigenvalue weighted by atomic mass is 19.4. The summed E-state index contributed by atoms with van der Waals surface area (Å²) >= 11 is 0. The van der Waals surface area contributed by atoms with E-state index in [1.807, 2.05) is 32.0 Å². The molecule has 1 aliphatic heterocycles. The lowest BCUT2D eigenvalue weighted by Gasteiger charge is -2.47. The number of aromatic nitrogens is 2. The predicted octanol–water partition coefficient (Wildman–Crippen LogP) is 8.23. The number of ether oxygens (including phenoxy) is 2. The molecule has 0 unspecified atom stereocenters. The summed E-state index contributed by atoms with van der Waals surface area (Å²) in [4.78, 5) is 18.2. The summed E-state index contributed by atoms with van der Waals surface area (Å²) in [6.07, 6.45) is 1.87. The molecule has 0 radical (unpaired) electrons. The first kappa shape index (κ1) is 29.2. The summed E-state index contributed by atoms with van der Waals surface area (Å²) in [5.41, 5.74) is 4.03. The first-order valence-corrected chi connectivity index (χ1v) is 15.2. The molecule has 0 amide bonds. The lowest BCUT2D eigenvalue weighted by atomic mass is 9.63. The van der Waals surface area contributed by atoms with Gasteiger partial charge >= 0.3 is 12.3 Å². The SMILES string of the molecule is CC(C)Oc1cc(C(=O)O)nc2ccc(N3CCC4(C=C(c5c(-c6ccccc6OC(F)(F)F)noc5C5CC5)C4)CC3)cc12. The average molecular weight is 620 g/mol. The Bertz CT molecular complexity index is 1820. The molecule has 2 aliphatic carbocycles. The standard InChI is InChI=1S/C34H32F3N3O5/c1-19(2)43-28-16-26(32(41)42)38-25-10-9-22(15-24(25)28)40-13-11-33(12-14-40)17-21(18-33)29-30(39-45-31(29)20-7-8-20)23-5-3-4-6-27(23)44-34(35,36)37/h3-6,9-10,15-17,19-20H,7-8,11-14,18H2,1-2H3,(H,41,42). The number of nitrogens with zero attached hydrogens (tertiary/aromatic N) is 3. The van der Waals surface area contributed by atoms with E-state index in [0.29, 0.717) is 17.0 Å². The number of fused-ring (bicyclic) bond motifs is 1. The van der Waals surface area contributed by atoms with E-state index in [1.54, 1.807) is 12.1 Å². The fourth-order valence-corrected chi connectivity index (χ4v) is 6.55. The van der Waals surface area contributed by atoms with Crippen molar-refractivity contribution in [2.75, 3.05) is 18.0 Å². The Morgan fingerprint density at radius 1 is 1.09 bits per heavy atom. The molecule has 7 rings (SSSR count). The van der Waals surface area contributed by atoms with Crippen molar-refractivity contribution in [3.8, 4) is 22.8 Å². The minimum Gasteiger partial charge on any atom is -0.490 e. The molecule has 3 heterocycles. The van der Waals surface area contributed by atoms with Crippen LogP contribution in [0.4, 0.5) is 18.9 Å². The quantitative estimate of drug-likeness (QED) is 0.211. The molecule has 2 fully saturated rings. The Morgan fingerprint density at radius 2 is 1.82 bits per heavy atom. The Morgan fingerprint density at radius 3 is 2.49 bits per heavy atom. The Hall–Kier alpha value is -4.54. The Balaban J connectivity index is 1.13. The van der Waals surface area contributed by atoms with Gasteiger partial charge in [-0.1, -0.05) is 23.4 Å². The van der Waals surface area contributed by atoms with E-state index in [0.717, 1.165) is 73.2 Å². The number of anilines is 1. The van der Waals surface area contributed by atoms with Crippen LogP contribution in [0, 0.1) is 5.41 Å². The zero-order valence-corrected chi connectivity index (χ0v) is 24.9. The number of benzene rings is 2. The number of carbonyl (C=O) groups is 1. The monoisotopic (exact) mass is 619 g/mol. The maximum Gasteiger partial charge on any atom is 0.573 e. The van der Waals surface area contributed by atoms with Crippen LogP contribution in [0.15, 0.2) is 59.1 Å². The van der Waals surface area contributed by atoms with E-state index in [9.17, 15) is 23.1 Å². The van der Waals surface area contributed by atoms with E-state index in [1.165, 1.54) is 18.2 Å². The number of rotatable bonds is 8. The van der Waals surface area contributed by atoms with Gasteiger partial charge in [0.25, 0.3) is 0 Å². The van der Waals surface area contributed by atoms with Crippen LogP contribution < -0.4 is 14.4 Å². The van der Waals surface area contributed by atoms with Gasteiger partial charge in [0.2, 0.25) is 0 Å². The van der Waals surface area contributed by atoms with Crippen LogP contribution in [0.25, 0.3) is 27.7 Å². The van der Waals surface area contributed by atoms with Gasteiger partial charge in [-0.15, -0.1) is 13.2 Å². The first-order chi connectivity index (χ1) is 21.5. The topological polar surface area (TPSA) is 97.9 Å². The lowest BCUT2D eigenvalue weighted by molar-refractivity contribution is -0.274. The van der Waals surface area contributed by atoms with Gasteiger partial charge in [0.15, 0.2) is 5.69 Å². The van der Waals surface area contributed by atoms with Gasteiger partial charge in [-0.25, -0.2) is 9.78 Å². The molecule has 45 heavy (non-hydrogen) atoms. The molecule has 0 bridgehead atoms. The normalized spacial score (nSPS) is 17.8. The molecule has 1 saturated heterocycles. The second kappa shape index (κ2) is 10.8. The Kier molecular flexibility index (Phi) is 7.02. The fourth-order valence-electron chi connectivity index (χ4n) is 6.55. The molecule has 8 nitrogen and oxygen atoms in total. The zero-order chi connectivity index (χ0) is 31.5. The number of carboxylic acid groups (broad SMARTS) is 1. The highest BCUT2D eigenvalue weighted by molar-refractivity contribution is 5.94. The molecule has 0 atom stereocenters. The molecular weight excluding hydrogens is 587 g/mol. The number of para-hydroxylation sites is 1. The first-order valence-electron chi connectivity index (χ1n) is 15.2. The van der Waals surface area contributed by atoms with Crippen molar-refractivity contribution < 1.29 is 37.1 Å². The summed E-state index contributed by atoms with van der Waals surface area (Å²) in [7, 11) is 0. The molecule has 234 valence electrons. The van der Waals surface area contributed by atoms with Gasteiger partial charge in [-0.05, 0) is 87.3 Å². The number of aromatic carboxylic acids is 1. The lowest BCUT2D eigenvalue weighted by Crippen LogP contribution is -2.42. The summed E-state index contributed by atoms with van der Waals surface area (Å²) in [5, 5.41) is 14.5. The molecule has 2 aromatic heterocycles. The highest BCUT2D eigenvalue weighted by Gasteiger charge is 2.44. The van der Waals surface area contributed by atoms with Crippen LogP contribution in [0.1, 0.15) is 73.7 Å². The molecule has 1 N–H and O–H groups in total. The van der Waals surface area contributed by atoms with E-state index >= 15 is 0 Å². The number of hydrogen-bond donors (Lipinski definition) is 1. The number of allylic oxidation sites excluding steroid dienone is 2. The van der Waals surface area contributed by atoms with Crippen LogP contribution in [-0.2, 0) is 0 Å². The van der Waals surface area contributed by atoms with Gasteiger partial charge in [-0.2, -0.15) is 0 Å². The summed E-state index contributed by atoms with van der Waals surface area (Å²) in [6.45, 7) is 5.41. The maximum atomic E-state index is 13.2. The molecule has 2 aromatic carbocycles. The van der Waals surface area contributed by atoms with Crippen LogP contribution in [0.5, 0.6) is 11.5 Å². The average Bonchev–Trinajstić information content (AvgIpc) is 3.73. The van der Waals surface area contributed by atoms with E-state index in [-0.39, 0.29) is 34.4 Å². The largest absolute Gasteiger partial charge is 0.573 e. The summed E-state index contributed by atoms with van der Waals surface area (Å²) in [5.74, 6) is 0.0738. The van der Waals surface area contributed by atoms with Crippen LogP contribution in [-0.4, -0.2) is 46.8 Å². The van der Waals surface area contributed by atoms with Gasteiger partial charge in [-0.3, -0.25) is 0 Å². The minimum absolute atomic E-state index is 0.0100. The number of alkyl halides is 3. The van der Waals surface area contributed by atoms with Crippen molar-refractivity contribution in [1.82, 2.24) is 10.1 Å². The smallest absolute Gasteiger partial charge is 0.490 e. The third-order valence-electron chi connectivity index (χ3n) is 8.84. The maximum absolute atomic E-state index is 13.2. The molecule has 3 aliphatic rings. The zero-order valence-electron chi connectivity index (χ0n) is 24.9. The van der Waals surface area contributed by atoms with Crippen molar-refractivity contribution in [1.29, 1.82) is 0 Å². The van der Waals surface area contributed by atoms with Crippen molar-refractivity contribution in [2.24, 2.45) is 5.41 Å². The minimum atomic E-state index is -4.82. The van der Waals surface area contributed by atoms with Gasteiger partial charge in [0, 0.05) is 47.3 Å². The molecule has 4 aromatic rings. The molecular formula is C34H32F3N3O5.